The van der Waals surface area contributed by atoms with Crippen molar-refractivity contribution in [2.24, 2.45) is 0 Å². The lowest BCUT2D eigenvalue weighted by atomic mass is 9.97. The summed E-state index contributed by atoms with van der Waals surface area (Å²) in [7, 11) is 0. The van der Waals surface area contributed by atoms with Crippen LogP contribution in [0.2, 0.25) is 0 Å². The van der Waals surface area contributed by atoms with E-state index in [1.165, 1.54) is 0 Å². The lowest BCUT2D eigenvalue weighted by Gasteiger charge is -2.36. The third kappa shape index (κ3) is 7.91. The lowest BCUT2D eigenvalue weighted by molar-refractivity contribution is -0.222. The number of fused-ring (bicyclic) bond motifs is 3. The Morgan fingerprint density at radius 2 is 1.04 bits per heavy atom. The fourth-order valence-corrected chi connectivity index (χ4v) is 6.85. The van der Waals surface area contributed by atoms with E-state index in [0.29, 0.717) is 26.4 Å². The van der Waals surface area contributed by atoms with E-state index in [-0.39, 0.29) is 12.2 Å². The predicted octanol–water partition coefficient (Wildman–Crippen LogP) is 6.09. The van der Waals surface area contributed by atoms with Crippen molar-refractivity contribution in [3.8, 4) is 0 Å². The largest absolute Gasteiger partial charge is 0.374 e. The number of rotatable bonds is 12. The molecule has 4 saturated heterocycles. The number of benzene rings is 3. The highest BCUT2D eigenvalue weighted by molar-refractivity contribution is 5.17. The van der Waals surface area contributed by atoms with Crippen LogP contribution in [0.4, 0.5) is 0 Å². The van der Waals surface area contributed by atoms with E-state index in [2.05, 4.69) is 36.4 Å². The third-order valence-corrected chi connectivity index (χ3v) is 8.99. The van der Waals surface area contributed by atoms with Crippen LogP contribution in [0.15, 0.2) is 103 Å². The van der Waals surface area contributed by atoms with Crippen molar-refractivity contribution >= 4 is 0 Å². The molecule has 9 atom stereocenters. The summed E-state index contributed by atoms with van der Waals surface area (Å²) in [5.74, 6) is -1.59. The quantitative estimate of drug-likeness (QED) is 0.215. The molecular formula is C39H46O9. The summed E-state index contributed by atoms with van der Waals surface area (Å²) in [5, 5.41) is 0. The highest BCUT2D eigenvalue weighted by atomic mass is 16.9. The normalized spacial score (nSPS) is 33.5. The molecule has 4 aliphatic rings. The van der Waals surface area contributed by atoms with Gasteiger partial charge in [0.25, 0.3) is 0 Å². The van der Waals surface area contributed by atoms with E-state index in [1.807, 2.05) is 94.4 Å². The molecule has 0 aliphatic carbocycles. The summed E-state index contributed by atoms with van der Waals surface area (Å²) in [6, 6.07) is 30.4. The van der Waals surface area contributed by atoms with Gasteiger partial charge in [0.05, 0.1) is 26.4 Å². The Hall–Kier alpha value is -2.96. The van der Waals surface area contributed by atoms with Crippen molar-refractivity contribution in [1.29, 1.82) is 0 Å². The summed E-state index contributed by atoms with van der Waals surface area (Å²) in [6.07, 6.45) is 0.119. The van der Waals surface area contributed by atoms with E-state index in [4.69, 9.17) is 42.6 Å². The second-order valence-electron chi connectivity index (χ2n) is 13.7. The molecule has 9 nitrogen and oxygen atoms in total. The highest BCUT2D eigenvalue weighted by Crippen LogP contribution is 2.44. The van der Waals surface area contributed by atoms with E-state index in [0.717, 1.165) is 16.7 Å². The number of hydrogen-bond acceptors (Lipinski definition) is 9. The minimum absolute atomic E-state index is 0.337. The molecule has 4 heterocycles. The maximum Gasteiger partial charge on any atom is 0.190 e. The average molecular weight is 659 g/mol. The van der Waals surface area contributed by atoms with Gasteiger partial charge in [0.15, 0.2) is 17.9 Å². The maximum atomic E-state index is 6.72. The Morgan fingerprint density at radius 3 is 1.67 bits per heavy atom. The zero-order valence-electron chi connectivity index (χ0n) is 28.0. The van der Waals surface area contributed by atoms with Crippen molar-refractivity contribution in [3.63, 3.8) is 0 Å². The number of hydrogen-bond donors (Lipinski definition) is 0. The Kier molecular flexibility index (Phi) is 10.1. The fourth-order valence-electron chi connectivity index (χ4n) is 6.85. The summed E-state index contributed by atoms with van der Waals surface area (Å²) in [5.41, 5.74) is 3.23. The minimum atomic E-state index is -0.796. The van der Waals surface area contributed by atoms with Crippen molar-refractivity contribution in [1.82, 2.24) is 0 Å². The van der Waals surface area contributed by atoms with Gasteiger partial charge in [0.2, 0.25) is 0 Å². The van der Waals surface area contributed by atoms with Gasteiger partial charge in [-0.25, -0.2) is 0 Å². The van der Waals surface area contributed by atoms with Crippen LogP contribution < -0.4 is 0 Å². The van der Waals surface area contributed by atoms with Gasteiger partial charge in [-0.1, -0.05) is 103 Å². The van der Waals surface area contributed by atoms with Gasteiger partial charge in [-0.3, -0.25) is 0 Å². The van der Waals surface area contributed by atoms with Crippen molar-refractivity contribution in [2.45, 2.75) is 114 Å². The van der Waals surface area contributed by atoms with Crippen LogP contribution in [0.1, 0.15) is 44.4 Å². The lowest BCUT2D eigenvalue weighted by Crippen LogP contribution is -2.54. The molecule has 3 aromatic rings. The molecule has 4 aliphatic heterocycles. The maximum absolute atomic E-state index is 6.72. The molecule has 0 radical (unpaired) electrons. The van der Waals surface area contributed by atoms with Crippen LogP contribution >= 0.6 is 0 Å². The van der Waals surface area contributed by atoms with Crippen LogP contribution in [0.5, 0.6) is 0 Å². The van der Waals surface area contributed by atoms with E-state index >= 15 is 0 Å². The van der Waals surface area contributed by atoms with Crippen molar-refractivity contribution < 1.29 is 42.6 Å². The molecule has 0 unspecified atom stereocenters. The summed E-state index contributed by atoms with van der Waals surface area (Å²) in [6.45, 7) is 9.20. The monoisotopic (exact) mass is 658 g/mol. The smallest absolute Gasteiger partial charge is 0.190 e. The van der Waals surface area contributed by atoms with Crippen LogP contribution in [-0.4, -0.2) is 73.3 Å². The van der Waals surface area contributed by atoms with Crippen LogP contribution in [0.3, 0.4) is 0 Å². The molecule has 4 fully saturated rings. The Morgan fingerprint density at radius 1 is 0.542 bits per heavy atom. The van der Waals surface area contributed by atoms with Crippen LogP contribution in [0, 0.1) is 0 Å². The predicted molar refractivity (Wildman–Crippen MR) is 176 cm³/mol. The fraction of sp³-hybridized carbons (Fsp3) is 0.487. The van der Waals surface area contributed by atoms with E-state index < -0.39 is 54.5 Å². The first-order valence-corrected chi connectivity index (χ1v) is 16.9. The van der Waals surface area contributed by atoms with Gasteiger partial charge in [-0.15, -0.1) is 0 Å². The molecule has 0 bridgehead atoms. The van der Waals surface area contributed by atoms with E-state index in [1.54, 1.807) is 0 Å². The molecule has 0 amide bonds. The van der Waals surface area contributed by atoms with Crippen molar-refractivity contribution in [2.75, 3.05) is 6.61 Å². The van der Waals surface area contributed by atoms with Gasteiger partial charge >= 0.3 is 0 Å². The van der Waals surface area contributed by atoms with E-state index in [9.17, 15) is 0 Å². The van der Waals surface area contributed by atoms with Gasteiger partial charge in [0.1, 0.15) is 48.8 Å². The SMILES string of the molecule is CC1(C)O[C@H]2[C@@H](O1)[C@@H](/C=C/[C@H]1O[C@H](COCc3ccccc3)[C@@H](OCc3ccccc3)[C@H]1OCc1ccccc1)O[C@@H]1OC(C)(C)O[C@@H]12. The third-order valence-electron chi connectivity index (χ3n) is 8.99. The molecule has 0 saturated carbocycles. The van der Waals surface area contributed by atoms with Crippen LogP contribution in [-0.2, 0) is 62.5 Å². The zero-order valence-corrected chi connectivity index (χ0v) is 28.0. The molecular weight excluding hydrogens is 612 g/mol. The molecule has 3 aromatic carbocycles. The first kappa shape index (κ1) is 33.5. The summed E-state index contributed by atoms with van der Waals surface area (Å²) >= 11 is 0. The Bertz CT molecular complexity index is 1480. The topological polar surface area (TPSA) is 83.1 Å². The van der Waals surface area contributed by atoms with Gasteiger partial charge in [-0.2, -0.15) is 0 Å². The zero-order chi connectivity index (χ0) is 33.1. The van der Waals surface area contributed by atoms with Gasteiger partial charge in [0, 0.05) is 0 Å². The first-order chi connectivity index (χ1) is 23.2. The number of ether oxygens (including phenoxy) is 9. The summed E-state index contributed by atoms with van der Waals surface area (Å²) < 4.78 is 57.7. The molecule has 9 heteroatoms. The second kappa shape index (κ2) is 14.5. The second-order valence-corrected chi connectivity index (χ2v) is 13.7. The van der Waals surface area contributed by atoms with Gasteiger partial charge < -0.3 is 42.6 Å². The standard InChI is InChI=1S/C39H46O9/c1-38(2)45-34-30(44-37-36(35(34)46-38)47-39(3,4)48-37)21-20-29-32(41-23-27-16-10-6-11-17-27)33(42-24-28-18-12-7-13-19-28)31(43-29)25-40-22-26-14-8-5-9-15-26/h5-21,29-37H,22-25H2,1-4H3/b21-20+/t29-,30-,31-,32+,33-,34+,35+,36-,37-/m1/s1. The van der Waals surface area contributed by atoms with Crippen LogP contribution in [0.25, 0.3) is 0 Å². The van der Waals surface area contributed by atoms with Gasteiger partial charge in [-0.05, 0) is 44.4 Å². The molecule has 48 heavy (non-hydrogen) atoms. The molecule has 0 N–H and O–H groups in total. The Labute approximate surface area is 283 Å². The average Bonchev–Trinajstić information content (AvgIpc) is 3.71. The molecule has 256 valence electrons. The molecule has 7 rings (SSSR count). The highest BCUT2D eigenvalue weighted by Gasteiger charge is 2.60. The molecule has 0 spiro atoms. The molecule has 0 aromatic heterocycles. The Balaban J connectivity index is 1.13. The first-order valence-electron chi connectivity index (χ1n) is 16.9. The minimum Gasteiger partial charge on any atom is -0.374 e. The van der Waals surface area contributed by atoms with Crippen molar-refractivity contribution in [3.05, 3.63) is 120 Å². The summed E-state index contributed by atoms with van der Waals surface area (Å²) in [4.78, 5) is 0.